The second kappa shape index (κ2) is 6.64. The van der Waals surface area contributed by atoms with Crippen LogP contribution >= 0.6 is 11.6 Å². The summed E-state index contributed by atoms with van der Waals surface area (Å²) in [6.07, 6.45) is 1.99. The number of carbonyl (C=O) groups excluding carboxylic acids is 2. The largest absolute Gasteiger partial charge is 0.478 e. The Kier molecular flexibility index (Phi) is 4.55. The van der Waals surface area contributed by atoms with E-state index < -0.39 is 5.97 Å². The summed E-state index contributed by atoms with van der Waals surface area (Å²) in [5.41, 5.74) is 3.37. The minimum Gasteiger partial charge on any atom is -0.478 e. The molecule has 2 aromatic carbocycles. The number of benzene rings is 2. The van der Waals surface area contributed by atoms with Gasteiger partial charge in [-0.15, -0.1) is 0 Å². The van der Waals surface area contributed by atoms with Crippen molar-refractivity contribution in [2.75, 3.05) is 0 Å². The van der Waals surface area contributed by atoms with Crippen molar-refractivity contribution in [3.05, 3.63) is 74.8 Å². The molecule has 0 amide bonds. The second-order valence-electron chi connectivity index (χ2n) is 9.44. The van der Waals surface area contributed by atoms with E-state index in [9.17, 15) is 14.4 Å². The highest BCUT2D eigenvalue weighted by atomic mass is 35.5. The first-order valence-electron chi connectivity index (χ1n) is 9.96. The third-order valence-corrected chi connectivity index (χ3v) is 6.91. The molecule has 0 aromatic heterocycles. The van der Waals surface area contributed by atoms with Gasteiger partial charge in [0.1, 0.15) is 5.03 Å². The molecular formula is C25H23ClO4. The molecule has 0 spiro atoms. The van der Waals surface area contributed by atoms with Gasteiger partial charge in [-0.1, -0.05) is 51.4 Å². The molecular weight excluding hydrogens is 400 g/mol. The van der Waals surface area contributed by atoms with Crippen molar-refractivity contribution < 1.29 is 19.5 Å². The summed E-state index contributed by atoms with van der Waals surface area (Å²) in [5, 5.41) is 8.99. The van der Waals surface area contributed by atoms with Crippen LogP contribution in [0.15, 0.2) is 41.4 Å². The van der Waals surface area contributed by atoms with Crippen LogP contribution < -0.4 is 0 Å². The Morgan fingerprint density at radius 3 is 1.80 bits per heavy atom. The van der Waals surface area contributed by atoms with Gasteiger partial charge in [0.15, 0.2) is 5.78 Å². The number of hydrogen-bond donors (Lipinski definition) is 1. The van der Waals surface area contributed by atoms with Gasteiger partial charge < -0.3 is 5.11 Å². The number of Topliss-reactive ketones (excluding diaryl/α,β-unsaturated/α-hetero) is 2. The number of ketones is 2. The lowest BCUT2D eigenvalue weighted by Gasteiger charge is -2.42. The molecule has 30 heavy (non-hydrogen) atoms. The summed E-state index contributed by atoms with van der Waals surface area (Å²) >= 11 is 6.40. The molecule has 0 heterocycles. The van der Waals surface area contributed by atoms with Crippen LogP contribution in [0.4, 0.5) is 0 Å². The van der Waals surface area contributed by atoms with Gasteiger partial charge in [0.2, 0.25) is 5.78 Å². The minimum atomic E-state index is -1.06. The monoisotopic (exact) mass is 422 g/mol. The molecule has 0 radical (unpaired) electrons. The molecule has 0 saturated heterocycles. The highest BCUT2D eigenvalue weighted by molar-refractivity contribution is 6.56. The zero-order chi connectivity index (χ0) is 22.0. The Morgan fingerprint density at radius 1 is 0.867 bits per heavy atom. The third kappa shape index (κ3) is 3.02. The van der Waals surface area contributed by atoms with Gasteiger partial charge >= 0.3 is 5.97 Å². The van der Waals surface area contributed by atoms with Crippen LogP contribution in [0.2, 0.25) is 0 Å². The van der Waals surface area contributed by atoms with Gasteiger partial charge in [-0.3, -0.25) is 9.59 Å². The van der Waals surface area contributed by atoms with E-state index in [2.05, 4.69) is 27.7 Å². The zero-order valence-corrected chi connectivity index (χ0v) is 18.2. The Balaban J connectivity index is 1.90. The molecule has 4 rings (SSSR count). The SMILES string of the molecule is CC1(C)CCC(C)(C)c2cc3c(cc21)C(=O)C(Cl)=C(c1ccc(C(=O)O)cc1)C3=O. The van der Waals surface area contributed by atoms with E-state index in [1.54, 1.807) is 0 Å². The highest BCUT2D eigenvalue weighted by Gasteiger charge is 2.41. The number of fused-ring (bicyclic) bond motifs is 2. The standard InChI is InChI=1S/C25H23ClO4/c1-24(2)9-10-25(3,4)18-12-16-15(11-17(18)24)21(27)19(20(26)22(16)28)13-5-7-14(8-6-13)23(29)30/h5-8,11-12H,9-10H2,1-4H3,(H,29,30). The van der Waals surface area contributed by atoms with Crippen molar-refractivity contribution in [3.63, 3.8) is 0 Å². The van der Waals surface area contributed by atoms with Gasteiger partial charge in [-0.25, -0.2) is 4.79 Å². The van der Waals surface area contributed by atoms with E-state index in [4.69, 9.17) is 16.7 Å². The Hall–Kier alpha value is -2.72. The van der Waals surface area contributed by atoms with Crippen molar-refractivity contribution in [1.82, 2.24) is 0 Å². The smallest absolute Gasteiger partial charge is 0.335 e. The summed E-state index contributed by atoms with van der Waals surface area (Å²) in [4.78, 5) is 37.7. The number of allylic oxidation sites excluding steroid dienone is 2. The van der Waals surface area contributed by atoms with E-state index >= 15 is 0 Å². The normalized spacial score (nSPS) is 19.4. The fourth-order valence-corrected chi connectivity index (χ4v) is 4.79. The van der Waals surface area contributed by atoms with Gasteiger partial charge in [0.25, 0.3) is 0 Å². The highest BCUT2D eigenvalue weighted by Crippen LogP contribution is 2.48. The number of halogens is 1. The van der Waals surface area contributed by atoms with Crippen molar-refractivity contribution in [3.8, 4) is 0 Å². The quantitative estimate of drug-likeness (QED) is 0.667. The lowest BCUT2D eigenvalue weighted by atomic mass is 9.62. The maximum Gasteiger partial charge on any atom is 0.335 e. The molecule has 2 aromatic rings. The third-order valence-electron chi connectivity index (χ3n) is 6.55. The maximum absolute atomic E-state index is 13.4. The van der Waals surface area contributed by atoms with Gasteiger partial charge in [0, 0.05) is 11.1 Å². The van der Waals surface area contributed by atoms with Gasteiger partial charge in [0.05, 0.1) is 11.1 Å². The molecule has 5 heteroatoms. The van der Waals surface area contributed by atoms with Crippen molar-refractivity contribution in [2.45, 2.75) is 51.4 Å². The van der Waals surface area contributed by atoms with E-state index in [1.807, 2.05) is 12.1 Å². The molecule has 1 N–H and O–H groups in total. The fourth-order valence-electron chi connectivity index (χ4n) is 4.49. The molecule has 154 valence electrons. The molecule has 0 bridgehead atoms. The maximum atomic E-state index is 13.4. The summed E-state index contributed by atoms with van der Waals surface area (Å²) in [6, 6.07) is 9.58. The predicted molar refractivity (Wildman–Crippen MR) is 117 cm³/mol. The zero-order valence-electron chi connectivity index (χ0n) is 17.4. The van der Waals surface area contributed by atoms with Crippen LogP contribution in [0, 0.1) is 0 Å². The van der Waals surface area contributed by atoms with Crippen molar-refractivity contribution in [2.24, 2.45) is 0 Å². The molecule has 2 aliphatic rings. The average molecular weight is 423 g/mol. The van der Waals surface area contributed by atoms with Crippen LogP contribution in [-0.4, -0.2) is 22.6 Å². The van der Waals surface area contributed by atoms with Crippen LogP contribution in [-0.2, 0) is 10.8 Å². The molecule has 0 fully saturated rings. The number of hydrogen-bond acceptors (Lipinski definition) is 3. The topological polar surface area (TPSA) is 71.4 Å². The lowest BCUT2D eigenvalue weighted by Crippen LogP contribution is -2.35. The summed E-state index contributed by atoms with van der Waals surface area (Å²) < 4.78 is 0. The molecule has 2 aliphatic carbocycles. The van der Waals surface area contributed by atoms with E-state index in [0.717, 1.165) is 24.0 Å². The van der Waals surface area contributed by atoms with E-state index in [1.165, 1.54) is 24.3 Å². The lowest BCUT2D eigenvalue weighted by molar-refractivity contribution is 0.0696. The summed E-state index contributed by atoms with van der Waals surface area (Å²) in [6.45, 7) is 8.65. The number of carboxylic acid groups (broad SMARTS) is 1. The van der Waals surface area contributed by atoms with E-state index in [-0.39, 0.29) is 38.6 Å². The minimum absolute atomic E-state index is 0.0909. The van der Waals surface area contributed by atoms with Crippen LogP contribution in [0.3, 0.4) is 0 Å². The Bertz CT molecular complexity index is 1150. The van der Waals surface area contributed by atoms with Crippen LogP contribution in [0.25, 0.3) is 5.57 Å². The van der Waals surface area contributed by atoms with Crippen molar-refractivity contribution >= 4 is 34.7 Å². The second-order valence-corrected chi connectivity index (χ2v) is 9.82. The Labute approximate surface area is 180 Å². The van der Waals surface area contributed by atoms with Crippen molar-refractivity contribution in [1.29, 1.82) is 0 Å². The number of carbonyl (C=O) groups is 3. The van der Waals surface area contributed by atoms with Gasteiger partial charge in [-0.2, -0.15) is 0 Å². The number of carboxylic acids is 1. The number of aromatic carboxylic acids is 1. The first kappa shape index (κ1) is 20.5. The summed E-state index contributed by atoms with van der Waals surface area (Å²) in [7, 11) is 0. The summed E-state index contributed by atoms with van der Waals surface area (Å²) in [5.74, 6) is -1.74. The fraction of sp³-hybridized carbons (Fsp3) is 0.320. The molecule has 0 aliphatic heterocycles. The number of rotatable bonds is 2. The molecule has 0 atom stereocenters. The van der Waals surface area contributed by atoms with Gasteiger partial charge in [-0.05, 0) is 64.6 Å². The van der Waals surface area contributed by atoms with E-state index in [0.29, 0.717) is 16.7 Å². The molecule has 0 saturated carbocycles. The first-order chi connectivity index (χ1) is 13.9. The Morgan fingerprint density at radius 2 is 1.33 bits per heavy atom. The molecule has 0 unspecified atom stereocenters. The first-order valence-corrected chi connectivity index (χ1v) is 10.3. The molecule has 4 nitrogen and oxygen atoms in total. The average Bonchev–Trinajstić information content (AvgIpc) is 2.69. The predicted octanol–water partition coefficient (Wildman–Crippen LogP) is 5.76. The van der Waals surface area contributed by atoms with Crippen LogP contribution in [0.5, 0.6) is 0 Å². The van der Waals surface area contributed by atoms with Crippen LogP contribution in [0.1, 0.15) is 88.3 Å².